The van der Waals surface area contributed by atoms with Crippen LogP contribution < -0.4 is 5.73 Å². The molecule has 0 bridgehead atoms. The van der Waals surface area contributed by atoms with Gasteiger partial charge in [0.15, 0.2) is 0 Å². The Hall–Kier alpha value is -0.680. The summed E-state index contributed by atoms with van der Waals surface area (Å²) in [6, 6.07) is 0. The average molecular weight is 270 g/mol. The zero-order chi connectivity index (χ0) is 13.5. The molecule has 4 nitrogen and oxygen atoms in total. The van der Waals surface area contributed by atoms with Crippen molar-refractivity contribution in [3.63, 3.8) is 0 Å². The fraction of sp³-hybridized carbons (Fsp3) is 0.846. The highest BCUT2D eigenvalue weighted by Gasteiger charge is 2.47. The van der Waals surface area contributed by atoms with Crippen LogP contribution in [-0.2, 0) is 4.79 Å². The molecule has 4 unspecified atom stereocenters. The number of nitrogens with zero attached hydrogens (tertiary/aromatic N) is 1. The largest absolute Gasteiger partial charge is 0.393 e. The number of aliphatic hydroxyl groups excluding tert-OH is 1. The van der Waals surface area contributed by atoms with E-state index in [4.69, 9.17) is 18.0 Å². The molecule has 0 spiro atoms. The number of rotatable bonds is 3. The zero-order valence-electron chi connectivity index (χ0n) is 11.1. The molecule has 4 atom stereocenters. The molecule has 2 aliphatic rings. The van der Waals surface area contributed by atoms with Crippen LogP contribution in [0.3, 0.4) is 0 Å². The average Bonchev–Trinajstić information content (AvgIpc) is 2.89. The highest BCUT2D eigenvalue weighted by atomic mass is 32.1. The quantitative estimate of drug-likeness (QED) is 0.748. The molecule has 0 aromatic carbocycles. The summed E-state index contributed by atoms with van der Waals surface area (Å²) in [6.07, 6.45) is 2.27. The number of fused-ring (bicyclic) bond motifs is 1. The third-order valence-corrected chi connectivity index (χ3v) is 5.28. The summed E-state index contributed by atoms with van der Waals surface area (Å²) >= 11 is 5.05. The summed E-state index contributed by atoms with van der Waals surface area (Å²) in [5, 5.41) is 9.88. The number of thiocarbonyl (C=S) groups is 1. The molecule has 1 aliphatic carbocycles. The van der Waals surface area contributed by atoms with Crippen molar-refractivity contribution >= 4 is 23.1 Å². The Kier molecular flexibility index (Phi) is 3.65. The number of hydrogen-bond donors (Lipinski definition) is 2. The standard InChI is InChI=1S/C13H22N2O2S/c1-3-13(2,11(14)18)12(17)15-6-8-4-5-10(16)9(8)7-15/h8-10,16H,3-7H2,1-2H3,(H2,14,18). The second-order valence-electron chi connectivity index (χ2n) is 5.83. The van der Waals surface area contributed by atoms with Gasteiger partial charge in [0, 0.05) is 19.0 Å². The highest BCUT2D eigenvalue weighted by molar-refractivity contribution is 7.80. The summed E-state index contributed by atoms with van der Waals surface area (Å²) in [5.74, 6) is 0.733. The zero-order valence-corrected chi connectivity index (χ0v) is 11.9. The fourth-order valence-corrected chi connectivity index (χ4v) is 3.41. The van der Waals surface area contributed by atoms with Crippen molar-refractivity contribution in [3.05, 3.63) is 0 Å². The Labute approximate surface area is 114 Å². The maximum Gasteiger partial charge on any atom is 0.235 e. The first kappa shape index (κ1) is 13.7. The normalized spacial score (nSPS) is 34.2. The van der Waals surface area contributed by atoms with E-state index in [1.54, 1.807) is 0 Å². The van der Waals surface area contributed by atoms with Gasteiger partial charge in [-0.1, -0.05) is 19.1 Å². The maximum absolute atomic E-state index is 12.6. The molecule has 102 valence electrons. The molecule has 2 rings (SSSR count). The van der Waals surface area contributed by atoms with Crippen molar-refractivity contribution in [1.82, 2.24) is 4.90 Å². The summed E-state index contributed by atoms with van der Waals surface area (Å²) in [5.41, 5.74) is 4.99. The smallest absolute Gasteiger partial charge is 0.235 e. The lowest BCUT2D eigenvalue weighted by Crippen LogP contribution is -2.48. The van der Waals surface area contributed by atoms with E-state index in [1.807, 2.05) is 18.7 Å². The Morgan fingerprint density at radius 2 is 2.17 bits per heavy atom. The number of aliphatic hydroxyl groups is 1. The molecule has 1 heterocycles. The molecule has 5 heteroatoms. The van der Waals surface area contributed by atoms with Gasteiger partial charge in [-0.05, 0) is 32.1 Å². The predicted octanol–water partition coefficient (Wildman–Crippen LogP) is 0.918. The molecular formula is C13H22N2O2S. The minimum atomic E-state index is -0.737. The van der Waals surface area contributed by atoms with Gasteiger partial charge in [-0.25, -0.2) is 0 Å². The van der Waals surface area contributed by atoms with E-state index >= 15 is 0 Å². The monoisotopic (exact) mass is 270 g/mol. The lowest BCUT2D eigenvalue weighted by molar-refractivity contribution is -0.137. The van der Waals surface area contributed by atoms with Crippen molar-refractivity contribution in [1.29, 1.82) is 0 Å². The minimum absolute atomic E-state index is 0.0269. The van der Waals surface area contributed by atoms with Crippen molar-refractivity contribution in [2.45, 2.75) is 39.2 Å². The molecule has 1 saturated carbocycles. The van der Waals surface area contributed by atoms with E-state index in [9.17, 15) is 9.90 Å². The SMILES string of the molecule is CCC(C)(C(=O)N1CC2CCC(O)C2C1)C(N)=S. The number of carbonyl (C=O) groups excluding carboxylic acids is 1. The molecule has 1 amide bonds. The molecule has 3 N–H and O–H groups in total. The molecule has 1 aliphatic heterocycles. The third-order valence-electron chi connectivity index (χ3n) is 4.83. The molecule has 18 heavy (non-hydrogen) atoms. The number of likely N-dealkylation sites (tertiary alicyclic amines) is 1. The van der Waals surface area contributed by atoms with E-state index in [1.165, 1.54) is 0 Å². The van der Waals surface area contributed by atoms with Crippen LogP contribution in [0.2, 0.25) is 0 Å². The van der Waals surface area contributed by atoms with Crippen LogP contribution in [0.4, 0.5) is 0 Å². The number of hydrogen-bond acceptors (Lipinski definition) is 3. The van der Waals surface area contributed by atoms with E-state index in [0.717, 1.165) is 19.4 Å². The van der Waals surface area contributed by atoms with E-state index < -0.39 is 5.41 Å². The molecule has 0 aromatic rings. The second kappa shape index (κ2) is 4.78. The lowest BCUT2D eigenvalue weighted by Gasteiger charge is -2.31. The van der Waals surface area contributed by atoms with E-state index in [-0.39, 0.29) is 22.9 Å². The van der Waals surface area contributed by atoms with Gasteiger partial charge >= 0.3 is 0 Å². The van der Waals surface area contributed by atoms with E-state index in [2.05, 4.69) is 0 Å². The van der Waals surface area contributed by atoms with Crippen LogP contribution in [0.5, 0.6) is 0 Å². The van der Waals surface area contributed by atoms with Gasteiger partial charge in [-0.15, -0.1) is 0 Å². The van der Waals surface area contributed by atoms with Gasteiger partial charge in [0.05, 0.1) is 16.5 Å². The summed E-state index contributed by atoms with van der Waals surface area (Å²) in [6.45, 7) is 5.16. The van der Waals surface area contributed by atoms with Crippen LogP contribution in [0, 0.1) is 17.3 Å². The second-order valence-corrected chi connectivity index (χ2v) is 6.27. The van der Waals surface area contributed by atoms with Gasteiger partial charge in [-0.2, -0.15) is 0 Å². The molecule has 2 fully saturated rings. The van der Waals surface area contributed by atoms with Gasteiger partial charge < -0.3 is 15.7 Å². The molecule has 1 saturated heterocycles. The summed E-state index contributed by atoms with van der Waals surface area (Å²) in [4.78, 5) is 14.7. The molecule has 0 radical (unpaired) electrons. The van der Waals surface area contributed by atoms with Crippen LogP contribution in [0.1, 0.15) is 33.1 Å². The van der Waals surface area contributed by atoms with Crippen molar-refractivity contribution < 1.29 is 9.90 Å². The first-order valence-electron chi connectivity index (χ1n) is 6.67. The van der Waals surface area contributed by atoms with Crippen molar-refractivity contribution in [2.24, 2.45) is 23.0 Å². The summed E-state index contributed by atoms with van der Waals surface area (Å²) in [7, 11) is 0. The van der Waals surface area contributed by atoms with Gasteiger partial charge in [0.1, 0.15) is 0 Å². The van der Waals surface area contributed by atoms with Crippen molar-refractivity contribution in [3.8, 4) is 0 Å². The van der Waals surface area contributed by atoms with Gasteiger partial charge in [0.2, 0.25) is 5.91 Å². The first-order chi connectivity index (χ1) is 8.40. The Balaban J connectivity index is 2.10. The first-order valence-corrected chi connectivity index (χ1v) is 7.08. The van der Waals surface area contributed by atoms with Crippen molar-refractivity contribution in [2.75, 3.05) is 13.1 Å². The number of nitrogens with two attached hydrogens (primary N) is 1. The molecule has 0 aromatic heterocycles. The lowest BCUT2D eigenvalue weighted by atomic mass is 9.86. The highest BCUT2D eigenvalue weighted by Crippen LogP contribution is 2.39. The van der Waals surface area contributed by atoms with Gasteiger partial charge in [0.25, 0.3) is 0 Å². The fourth-order valence-electron chi connectivity index (χ4n) is 3.18. The minimum Gasteiger partial charge on any atom is -0.393 e. The number of carbonyl (C=O) groups is 1. The van der Waals surface area contributed by atoms with Crippen LogP contribution in [-0.4, -0.2) is 40.1 Å². The Bertz CT molecular complexity index is 374. The topological polar surface area (TPSA) is 66.6 Å². The van der Waals surface area contributed by atoms with Gasteiger partial charge in [-0.3, -0.25) is 4.79 Å². The molecular weight excluding hydrogens is 248 g/mol. The van der Waals surface area contributed by atoms with Crippen LogP contribution in [0.15, 0.2) is 0 Å². The summed E-state index contributed by atoms with van der Waals surface area (Å²) < 4.78 is 0. The Morgan fingerprint density at radius 3 is 2.67 bits per heavy atom. The third kappa shape index (κ3) is 2.03. The Morgan fingerprint density at radius 1 is 1.50 bits per heavy atom. The van der Waals surface area contributed by atoms with Crippen LogP contribution >= 0.6 is 12.2 Å². The maximum atomic E-state index is 12.6. The number of amides is 1. The van der Waals surface area contributed by atoms with Crippen LogP contribution in [0.25, 0.3) is 0 Å². The van der Waals surface area contributed by atoms with E-state index in [0.29, 0.717) is 18.9 Å². The predicted molar refractivity (Wildman–Crippen MR) is 74.0 cm³/mol.